The number of phosphoric acid groups is 2. The summed E-state index contributed by atoms with van der Waals surface area (Å²) in [6.07, 6.45) is 81.3. The predicted molar refractivity (Wildman–Crippen MR) is 408 cm³/mol. The predicted octanol–water partition coefficient (Wildman–Crippen LogP) is 21.9. The van der Waals surface area contributed by atoms with Crippen LogP contribution < -0.4 is 0 Å². The van der Waals surface area contributed by atoms with Crippen molar-refractivity contribution in [3.05, 3.63) is 146 Å². The van der Waals surface area contributed by atoms with Gasteiger partial charge >= 0.3 is 39.5 Å². The van der Waals surface area contributed by atoms with Crippen LogP contribution in [0.1, 0.15) is 285 Å². The minimum Gasteiger partial charge on any atom is -0.462 e. The van der Waals surface area contributed by atoms with Crippen LogP contribution in [-0.2, 0) is 65.4 Å². The van der Waals surface area contributed by atoms with Gasteiger partial charge in [-0.05, 0) is 154 Å². The molecule has 3 N–H and O–H groups in total. The molecule has 17 nitrogen and oxygen atoms in total. The fraction of sp³-hybridized carbons (Fsp3) is 0.654. The number of esters is 4. The van der Waals surface area contributed by atoms with E-state index in [-0.39, 0.29) is 25.7 Å². The number of hydrogen-bond acceptors (Lipinski definition) is 15. The molecule has 5 atom stereocenters. The molecule has 0 bridgehead atoms. The molecule has 0 aromatic carbocycles. The van der Waals surface area contributed by atoms with Gasteiger partial charge in [-0.2, -0.15) is 0 Å². The summed E-state index contributed by atoms with van der Waals surface area (Å²) in [6, 6.07) is 0. The first-order chi connectivity index (χ1) is 48.7. The SMILES string of the molecule is CC/C=C\C/C=C\C/C=C\C/C=C\C/C=C\CCCC(=O)OCC(COP(=O)(O)OCC(O)COP(=O)(O)OCC(COC(=O)CCCCCCC/C=C\C/C=C\CCC)OC(=O)CCCCCCC/C=C\CCCCCC)OC(=O)CCCCCC/C=C\C/C=C\C/C=C\C/C=C\CC. The van der Waals surface area contributed by atoms with Gasteiger partial charge in [0.15, 0.2) is 12.2 Å². The summed E-state index contributed by atoms with van der Waals surface area (Å²) >= 11 is 0. The lowest BCUT2D eigenvalue weighted by Gasteiger charge is -2.21. The summed E-state index contributed by atoms with van der Waals surface area (Å²) in [7, 11) is -9.99. The first-order valence-corrected chi connectivity index (χ1v) is 41.1. The van der Waals surface area contributed by atoms with E-state index in [9.17, 15) is 43.2 Å². The lowest BCUT2D eigenvalue weighted by atomic mass is 10.1. The van der Waals surface area contributed by atoms with Gasteiger partial charge in [-0.25, -0.2) is 9.13 Å². The largest absolute Gasteiger partial charge is 0.472 e. The van der Waals surface area contributed by atoms with Crippen LogP contribution in [0.2, 0.25) is 0 Å². The molecule has 0 rings (SSSR count). The zero-order valence-corrected chi connectivity index (χ0v) is 63.9. The summed E-state index contributed by atoms with van der Waals surface area (Å²) in [5, 5.41) is 10.6. The Morgan fingerprint density at radius 1 is 0.290 bits per heavy atom. The number of ether oxygens (including phenoxy) is 4. The first kappa shape index (κ1) is 94.9. The molecule has 570 valence electrons. The van der Waals surface area contributed by atoms with Crippen molar-refractivity contribution in [1.82, 2.24) is 0 Å². The third-order valence-corrected chi connectivity index (χ3v) is 17.2. The lowest BCUT2D eigenvalue weighted by molar-refractivity contribution is -0.161. The van der Waals surface area contributed by atoms with E-state index in [2.05, 4.69) is 161 Å². The molecule has 0 aliphatic carbocycles. The van der Waals surface area contributed by atoms with Gasteiger partial charge in [0.2, 0.25) is 0 Å². The minimum absolute atomic E-state index is 0.0497. The van der Waals surface area contributed by atoms with Gasteiger partial charge in [0, 0.05) is 25.7 Å². The molecule has 0 aromatic heterocycles. The molecule has 0 radical (unpaired) electrons. The van der Waals surface area contributed by atoms with Crippen LogP contribution in [0.3, 0.4) is 0 Å². The number of aliphatic hydroxyl groups is 1. The quantitative estimate of drug-likeness (QED) is 0.0169. The van der Waals surface area contributed by atoms with E-state index in [0.717, 1.165) is 173 Å². The number of carbonyl (C=O) groups excluding carboxylic acids is 4. The van der Waals surface area contributed by atoms with E-state index in [4.69, 9.17) is 37.0 Å². The molecule has 0 amide bonds. The maximum absolute atomic E-state index is 13.1. The number of aliphatic hydroxyl groups excluding tert-OH is 1. The molecule has 0 aliphatic rings. The number of hydrogen-bond donors (Lipinski definition) is 3. The highest BCUT2D eigenvalue weighted by Crippen LogP contribution is 2.45. The van der Waals surface area contributed by atoms with Crippen molar-refractivity contribution in [2.45, 2.75) is 303 Å². The Kier molecular flexibility index (Phi) is 68.6. The van der Waals surface area contributed by atoms with Crippen LogP contribution in [0.5, 0.6) is 0 Å². The van der Waals surface area contributed by atoms with Gasteiger partial charge in [0.25, 0.3) is 0 Å². The summed E-state index contributed by atoms with van der Waals surface area (Å²) < 4.78 is 68.4. The zero-order chi connectivity index (χ0) is 73.2. The Labute approximate surface area is 605 Å². The van der Waals surface area contributed by atoms with E-state index in [1.165, 1.54) is 25.7 Å². The Morgan fingerprint density at radius 3 is 0.890 bits per heavy atom. The molecular formula is C81H134O17P2. The normalized spacial score (nSPS) is 14.8. The maximum atomic E-state index is 13.1. The second-order valence-corrected chi connectivity index (χ2v) is 27.7. The summed E-state index contributed by atoms with van der Waals surface area (Å²) in [6.45, 7) is 4.43. The average molecular weight is 1440 g/mol. The van der Waals surface area contributed by atoms with Crippen molar-refractivity contribution < 1.29 is 80.2 Å². The Morgan fingerprint density at radius 2 is 0.550 bits per heavy atom. The number of unbranched alkanes of at least 4 members (excludes halogenated alkanes) is 20. The Hall–Kier alpha value is -5.06. The third kappa shape index (κ3) is 71.3. The fourth-order valence-electron chi connectivity index (χ4n) is 9.51. The molecule has 100 heavy (non-hydrogen) atoms. The molecule has 0 heterocycles. The van der Waals surface area contributed by atoms with E-state index < -0.39 is 97.5 Å². The molecule has 0 saturated carbocycles. The van der Waals surface area contributed by atoms with Gasteiger partial charge in [-0.1, -0.05) is 251 Å². The van der Waals surface area contributed by atoms with Crippen LogP contribution in [0.4, 0.5) is 0 Å². The summed E-state index contributed by atoms with van der Waals surface area (Å²) in [4.78, 5) is 72.8. The maximum Gasteiger partial charge on any atom is 0.472 e. The van der Waals surface area contributed by atoms with Gasteiger partial charge in [0.05, 0.1) is 26.4 Å². The highest BCUT2D eigenvalue weighted by atomic mass is 31.2. The molecule has 19 heteroatoms. The second-order valence-electron chi connectivity index (χ2n) is 24.8. The summed E-state index contributed by atoms with van der Waals surface area (Å²) in [5.74, 6) is -2.30. The van der Waals surface area contributed by atoms with Crippen molar-refractivity contribution in [2.75, 3.05) is 39.6 Å². The standard InChI is InChI=1S/C81H134O17P2/c1-5-9-13-17-21-25-29-33-35-37-39-43-46-50-54-58-62-66-79(84)92-72-77(98-81(86)68-64-60-56-52-48-44-40-38-36-34-30-26-22-18-14-10-6-2)74-96-100(89,90)94-70-75(82)69-93-99(87,88)95-73-76(97-80(85)67-63-59-55-51-47-42-32-28-24-20-16-12-8-4)71-91-78(83)65-61-57-53-49-45-41-31-27-23-19-15-11-7-3/h9-10,13-15,19,21-22,25-28,31-36,39-40,43-44,50,54,75-77,82H,5-8,11-12,16-18,20,23-24,29-30,37-38,41-42,45-49,51-53,55-74H2,1-4H3,(H,87,88)(H,89,90)/b13-9-,14-10-,19-15-,25-21-,26-22-,31-27-,32-28-,35-33-,36-34-,43-39-,44-40-,54-50-. The van der Waals surface area contributed by atoms with Crippen molar-refractivity contribution in [1.29, 1.82) is 0 Å². The van der Waals surface area contributed by atoms with Gasteiger partial charge < -0.3 is 33.8 Å². The molecule has 0 fully saturated rings. The van der Waals surface area contributed by atoms with Crippen LogP contribution in [0, 0.1) is 0 Å². The van der Waals surface area contributed by atoms with Gasteiger partial charge in [-0.3, -0.25) is 37.3 Å². The monoisotopic (exact) mass is 1440 g/mol. The van der Waals surface area contributed by atoms with Gasteiger partial charge in [0.1, 0.15) is 19.3 Å². The van der Waals surface area contributed by atoms with E-state index >= 15 is 0 Å². The summed E-state index contributed by atoms with van der Waals surface area (Å²) in [5.41, 5.74) is 0. The molecular weight excluding hydrogens is 1310 g/mol. The van der Waals surface area contributed by atoms with Crippen LogP contribution in [0.25, 0.3) is 0 Å². The van der Waals surface area contributed by atoms with E-state index in [1.807, 2.05) is 12.2 Å². The first-order valence-electron chi connectivity index (χ1n) is 38.1. The molecule has 5 unspecified atom stereocenters. The fourth-order valence-corrected chi connectivity index (χ4v) is 11.1. The minimum atomic E-state index is -5.00. The van der Waals surface area contributed by atoms with Crippen LogP contribution in [-0.4, -0.2) is 96.7 Å². The third-order valence-electron chi connectivity index (χ3n) is 15.2. The van der Waals surface area contributed by atoms with E-state index in [1.54, 1.807) is 0 Å². The van der Waals surface area contributed by atoms with Gasteiger partial charge in [-0.15, -0.1) is 0 Å². The van der Waals surface area contributed by atoms with Crippen LogP contribution >= 0.6 is 15.6 Å². The molecule has 0 aromatic rings. The van der Waals surface area contributed by atoms with Crippen molar-refractivity contribution in [3.8, 4) is 0 Å². The molecule has 0 spiro atoms. The molecule has 0 saturated heterocycles. The Bertz CT molecular complexity index is 2470. The van der Waals surface area contributed by atoms with E-state index in [0.29, 0.717) is 32.1 Å². The highest BCUT2D eigenvalue weighted by molar-refractivity contribution is 7.47. The molecule has 0 aliphatic heterocycles. The van der Waals surface area contributed by atoms with Crippen molar-refractivity contribution in [3.63, 3.8) is 0 Å². The average Bonchev–Trinajstić information content (AvgIpc) is 1.15. The number of allylic oxidation sites excluding steroid dienone is 24. The van der Waals surface area contributed by atoms with Crippen molar-refractivity contribution in [2.24, 2.45) is 0 Å². The van der Waals surface area contributed by atoms with Crippen LogP contribution in [0.15, 0.2) is 146 Å². The smallest absolute Gasteiger partial charge is 0.462 e. The second kappa shape index (κ2) is 72.3. The number of rotatable bonds is 70. The zero-order valence-electron chi connectivity index (χ0n) is 62.1. The Balaban J connectivity index is 5.45. The number of carbonyl (C=O) groups is 4. The number of phosphoric ester groups is 2. The van der Waals surface area contributed by atoms with Crippen molar-refractivity contribution >= 4 is 39.5 Å². The highest BCUT2D eigenvalue weighted by Gasteiger charge is 2.30. The topological polar surface area (TPSA) is 237 Å². The lowest BCUT2D eigenvalue weighted by Crippen LogP contribution is -2.30.